The van der Waals surface area contributed by atoms with Gasteiger partial charge in [-0.25, -0.2) is 4.79 Å². The second-order valence-electron chi connectivity index (χ2n) is 6.41. The number of anilines is 1. The van der Waals surface area contributed by atoms with E-state index in [-0.39, 0.29) is 6.03 Å². The minimum Gasteiger partial charge on any atom is -0.497 e. The summed E-state index contributed by atoms with van der Waals surface area (Å²) < 4.78 is 5.19. The number of hydrogen-bond donors (Lipinski definition) is 1. The second-order valence-corrected chi connectivity index (χ2v) is 6.41. The number of piperazine rings is 1. The van der Waals surface area contributed by atoms with Crippen molar-refractivity contribution in [2.45, 2.75) is 13.5 Å². The Morgan fingerprint density at radius 2 is 1.80 bits per heavy atom. The Bertz CT molecular complexity index is 707. The largest absolute Gasteiger partial charge is 0.497 e. The Morgan fingerprint density at radius 1 is 1.08 bits per heavy atom. The maximum Gasteiger partial charge on any atom is 0.321 e. The quantitative estimate of drug-likeness (QED) is 0.929. The third kappa shape index (κ3) is 4.73. The molecular weight excluding hydrogens is 314 g/mol. The zero-order valence-electron chi connectivity index (χ0n) is 14.9. The molecular formula is C20H25N3O2. The van der Waals surface area contributed by atoms with Crippen molar-refractivity contribution in [3.63, 3.8) is 0 Å². The van der Waals surface area contributed by atoms with E-state index >= 15 is 0 Å². The first kappa shape index (κ1) is 17.3. The van der Waals surface area contributed by atoms with Crippen molar-refractivity contribution in [1.82, 2.24) is 9.80 Å². The summed E-state index contributed by atoms with van der Waals surface area (Å²) in [4.78, 5) is 16.7. The summed E-state index contributed by atoms with van der Waals surface area (Å²) in [7, 11) is 1.62. The molecule has 2 aromatic rings. The van der Waals surface area contributed by atoms with Gasteiger partial charge in [-0.3, -0.25) is 4.90 Å². The molecule has 0 radical (unpaired) electrons. The van der Waals surface area contributed by atoms with E-state index < -0.39 is 0 Å². The van der Waals surface area contributed by atoms with Crippen LogP contribution in [0.1, 0.15) is 11.1 Å². The number of aryl methyl sites for hydroxylation is 1. The summed E-state index contributed by atoms with van der Waals surface area (Å²) >= 11 is 0. The van der Waals surface area contributed by atoms with E-state index in [0.717, 1.165) is 44.2 Å². The molecule has 0 spiro atoms. The predicted molar refractivity (Wildman–Crippen MR) is 100 cm³/mol. The summed E-state index contributed by atoms with van der Waals surface area (Å²) in [6.07, 6.45) is 0. The highest BCUT2D eigenvalue weighted by molar-refractivity contribution is 5.89. The topological polar surface area (TPSA) is 44.8 Å². The fourth-order valence-electron chi connectivity index (χ4n) is 2.96. The Hall–Kier alpha value is -2.53. The molecule has 1 aliphatic rings. The average molecular weight is 339 g/mol. The van der Waals surface area contributed by atoms with Crippen LogP contribution in [-0.4, -0.2) is 49.1 Å². The minimum absolute atomic E-state index is 0.0526. The molecule has 25 heavy (non-hydrogen) atoms. The molecule has 3 rings (SSSR count). The number of amides is 2. The Labute approximate surface area is 149 Å². The van der Waals surface area contributed by atoms with E-state index in [1.54, 1.807) is 7.11 Å². The molecule has 0 unspecified atom stereocenters. The van der Waals surface area contributed by atoms with Gasteiger partial charge >= 0.3 is 6.03 Å². The second kappa shape index (κ2) is 8.03. The lowest BCUT2D eigenvalue weighted by Crippen LogP contribution is -2.49. The molecule has 0 bridgehead atoms. The number of nitrogens with one attached hydrogen (secondary N) is 1. The highest BCUT2D eigenvalue weighted by atomic mass is 16.5. The van der Waals surface area contributed by atoms with Gasteiger partial charge < -0.3 is 15.0 Å². The van der Waals surface area contributed by atoms with Crippen LogP contribution in [0.4, 0.5) is 10.5 Å². The van der Waals surface area contributed by atoms with Crippen molar-refractivity contribution in [2.24, 2.45) is 0 Å². The lowest BCUT2D eigenvalue weighted by Gasteiger charge is -2.34. The van der Waals surface area contributed by atoms with Gasteiger partial charge in [-0.05, 0) is 24.6 Å². The number of urea groups is 1. The Morgan fingerprint density at radius 3 is 2.48 bits per heavy atom. The average Bonchev–Trinajstić information content (AvgIpc) is 2.64. The van der Waals surface area contributed by atoms with Crippen LogP contribution < -0.4 is 10.1 Å². The summed E-state index contributed by atoms with van der Waals surface area (Å²) in [5.41, 5.74) is 3.36. The molecule has 2 amide bonds. The van der Waals surface area contributed by atoms with Gasteiger partial charge in [0.05, 0.1) is 7.11 Å². The lowest BCUT2D eigenvalue weighted by molar-refractivity contribution is 0.143. The fraction of sp³-hybridized carbons (Fsp3) is 0.350. The molecule has 5 heteroatoms. The number of hydrogen-bond acceptors (Lipinski definition) is 3. The van der Waals surface area contributed by atoms with E-state index in [1.165, 1.54) is 11.1 Å². The van der Waals surface area contributed by atoms with E-state index in [0.29, 0.717) is 0 Å². The summed E-state index contributed by atoms with van der Waals surface area (Å²) in [6.45, 7) is 6.29. The fourth-order valence-corrected chi connectivity index (χ4v) is 2.96. The number of ether oxygens (including phenoxy) is 1. The van der Waals surface area contributed by atoms with Gasteiger partial charge in [0, 0.05) is 44.5 Å². The van der Waals surface area contributed by atoms with Gasteiger partial charge in [-0.2, -0.15) is 0 Å². The normalized spacial score (nSPS) is 15.0. The number of nitrogens with zero attached hydrogens (tertiary/aromatic N) is 2. The van der Waals surface area contributed by atoms with Gasteiger partial charge in [-0.1, -0.05) is 35.9 Å². The SMILES string of the molecule is COc1cccc(NC(=O)N2CCN(Cc3ccc(C)cc3)CC2)c1. The van der Waals surface area contributed by atoms with Gasteiger partial charge in [-0.15, -0.1) is 0 Å². The number of carbonyl (C=O) groups excluding carboxylic acids is 1. The van der Waals surface area contributed by atoms with Crippen LogP contribution in [0.15, 0.2) is 48.5 Å². The lowest BCUT2D eigenvalue weighted by atomic mass is 10.1. The van der Waals surface area contributed by atoms with Crippen LogP contribution in [0, 0.1) is 6.92 Å². The Kier molecular flexibility index (Phi) is 5.56. The van der Waals surface area contributed by atoms with Gasteiger partial charge in [0.1, 0.15) is 5.75 Å². The monoisotopic (exact) mass is 339 g/mol. The molecule has 1 heterocycles. The molecule has 132 valence electrons. The van der Waals surface area contributed by atoms with E-state index in [4.69, 9.17) is 4.74 Å². The van der Waals surface area contributed by atoms with Crippen LogP contribution in [0.25, 0.3) is 0 Å². The smallest absolute Gasteiger partial charge is 0.321 e. The summed E-state index contributed by atoms with van der Waals surface area (Å²) in [5.74, 6) is 0.737. The van der Waals surface area contributed by atoms with Crippen molar-refractivity contribution in [1.29, 1.82) is 0 Å². The van der Waals surface area contributed by atoms with Crippen molar-refractivity contribution in [3.8, 4) is 5.75 Å². The first-order valence-electron chi connectivity index (χ1n) is 8.62. The van der Waals surface area contributed by atoms with Crippen molar-refractivity contribution in [3.05, 3.63) is 59.7 Å². The summed E-state index contributed by atoms with van der Waals surface area (Å²) in [6, 6.07) is 16.0. The number of carbonyl (C=O) groups is 1. The Balaban J connectivity index is 1.49. The van der Waals surface area contributed by atoms with Crippen molar-refractivity contribution < 1.29 is 9.53 Å². The third-order valence-corrected chi connectivity index (χ3v) is 4.51. The van der Waals surface area contributed by atoms with Crippen LogP contribution >= 0.6 is 0 Å². The zero-order valence-corrected chi connectivity index (χ0v) is 14.9. The molecule has 0 aromatic heterocycles. The minimum atomic E-state index is -0.0526. The number of methoxy groups -OCH3 is 1. The van der Waals surface area contributed by atoms with Gasteiger partial charge in [0.25, 0.3) is 0 Å². The molecule has 5 nitrogen and oxygen atoms in total. The number of rotatable bonds is 4. The molecule has 2 aromatic carbocycles. The molecule has 0 aliphatic carbocycles. The molecule has 1 fully saturated rings. The van der Waals surface area contributed by atoms with Crippen LogP contribution in [0.2, 0.25) is 0 Å². The first-order valence-corrected chi connectivity index (χ1v) is 8.62. The highest BCUT2D eigenvalue weighted by Crippen LogP contribution is 2.17. The van der Waals surface area contributed by atoms with Crippen molar-refractivity contribution in [2.75, 3.05) is 38.6 Å². The predicted octanol–water partition coefficient (Wildman–Crippen LogP) is 3.35. The van der Waals surface area contributed by atoms with E-state index in [9.17, 15) is 4.79 Å². The zero-order chi connectivity index (χ0) is 17.6. The molecule has 0 atom stereocenters. The molecule has 0 saturated carbocycles. The van der Waals surface area contributed by atoms with Gasteiger partial charge in [0.2, 0.25) is 0 Å². The molecule has 1 aliphatic heterocycles. The maximum absolute atomic E-state index is 12.4. The van der Waals surface area contributed by atoms with E-state index in [1.807, 2.05) is 29.2 Å². The molecule has 1 saturated heterocycles. The van der Waals surface area contributed by atoms with Gasteiger partial charge in [0.15, 0.2) is 0 Å². The molecule has 1 N–H and O–H groups in total. The van der Waals surface area contributed by atoms with Crippen molar-refractivity contribution >= 4 is 11.7 Å². The summed E-state index contributed by atoms with van der Waals surface area (Å²) in [5, 5.41) is 2.95. The first-order chi connectivity index (χ1) is 12.1. The van der Waals surface area contributed by atoms with Crippen LogP contribution in [0.5, 0.6) is 5.75 Å². The van der Waals surface area contributed by atoms with E-state index in [2.05, 4.69) is 41.4 Å². The number of benzene rings is 2. The standard InChI is InChI=1S/C20H25N3O2/c1-16-6-8-17(9-7-16)15-22-10-12-23(13-11-22)20(24)21-18-4-3-5-19(14-18)25-2/h3-9,14H,10-13,15H2,1-2H3,(H,21,24). The third-order valence-electron chi connectivity index (χ3n) is 4.51. The van der Waals surface area contributed by atoms with Crippen LogP contribution in [0.3, 0.4) is 0 Å². The maximum atomic E-state index is 12.4. The highest BCUT2D eigenvalue weighted by Gasteiger charge is 2.21. The van der Waals surface area contributed by atoms with Crippen LogP contribution in [-0.2, 0) is 6.54 Å².